The molecule has 0 aliphatic carbocycles. The normalized spacial score (nSPS) is 10.3. The van der Waals surface area contributed by atoms with Gasteiger partial charge in [0.25, 0.3) is 0 Å². The number of aromatic nitrogens is 1. The summed E-state index contributed by atoms with van der Waals surface area (Å²) in [6, 6.07) is 18.8. The summed E-state index contributed by atoms with van der Waals surface area (Å²) in [7, 11) is 3.76. The maximum Gasteiger partial charge on any atom is 0.347 e. The number of nitrogens with zero attached hydrogens (tertiary/aromatic N) is 2. The van der Waals surface area contributed by atoms with Gasteiger partial charge >= 0.3 is 5.97 Å². The monoisotopic (exact) mass is 362 g/mol. The molecule has 0 bridgehead atoms. The molecule has 0 radical (unpaired) electrons. The van der Waals surface area contributed by atoms with Crippen molar-refractivity contribution in [2.75, 3.05) is 19.0 Å². The number of esters is 1. The van der Waals surface area contributed by atoms with Crippen molar-refractivity contribution in [3.8, 4) is 11.5 Å². The second kappa shape index (κ2) is 8.36. The molecule has 27 heavy (non-hydrogen) atoms. The van der Waals surface area contributed by atoms with Gasteiger partial charge in [0.1, 0.15) is 23.7 Å². The largest absolute Gasteiger partial charge is 0.486 e. The number of hydrogen-bond donors (Lipinski definition) is 0. The first-order valence-electron chi connectivity index (χ1n) is 8.67. The average molecular weight is 362 g/mol. The molecule has 0 unspecified atom stereocenters. The van der Waals surface area contributed by atoms with Crippen LogP contribution in [0.1, 0.15) is 21.5 Å². The number of carbonyl (C=O) groups excluding carboxylic acids is 1. The molecule has 3 aromatic rings. The summed E-state index contributed by atoms with van der Waals surface area (Å²) in [6.07, 6.45) is 1.58. The highest BCUT2D eigenvalue weighted by atomic mass is 16.5. The lowest BCUT2D eigenvalue weighted by Gasteiger charge is -2.19. The Bertz CT molecular complexity index is 910. The van der Waals surface area contributed by atoms with Crippen molar-refractivity contribution in [2.45, 2.75) is 13.5 Å². The van der Waals surface area contributed by atoms with Crippen LogP contribution in [0.3, 0.4) is 0 Å². The number of ether oxygens (including phenoxy) is 2. The molecule has 0 N–H and O–H groups in total. The van der Waals surface area contributed by atoms with Crippen molar-refractivity contribution < 1.29 is 14.3 Å². The number of para-hydroxylation sites is 1. The van der Waals surface area contributed by atoms with Crippen LogP contribution in [-0.2, 0) is 6.61 Å². The van der Waals surface area contributed by atoms with Gasteiger partial charge in [-0.25, -0.2) is 9.78 Å². The van der Waals surface area contributed by atoms with Crippen LogP contribution in [0.25, 0.3) is 0 Å². The standard InChI is InChI=1S/C22H22N2O3/c1-16-20(22(25)27-18-12-8-5-9-13-18)19(14-23-21(16)24(2)3)26-15-17-10-6-4-7-11-17/h4-14H,15H2,1-3H3. The summed E-state index contributed by atoms with van der Waals surface area (Å²) in [4.78, 5) is 19.2. The number of hydrogen-bond acceptors (Lipinski definition) is 5. The zero-order valence-electron chi connectivity index (χ0n) is 15.7. The van der Waals surface area contributed by atoms with Crippen molar-refractivity contribution in [3.63, 3.8) is 0 Å². The number of rotatable bonds is 6. The first kappa shape index (κ1) is 18.5. The predicted molar refractivity (Wildman–Crippen MR) is 105 cm³/mol. The zero-order chi connectivity index (χ0) is 19.2. The van der Waals surface area contributed by atoms with E-state index in [2.05, 4.69) is 4.98 Å². The number of pyridine rings is 1. The summed E-state index contributed by atoms with van der Waals surface area (Å²) < 4.78 is 11.5. The Labute approximate surface area is 159 Å². The Balaban J connectivity index is 1.92. The number of carbonyl (C=O) groups is 1. The van der Waals surface area contributed by atoms with Crippen molar-refractivity contribution in [1.82, 2.24) is 4.98 Å². The van der Waals surface area contributed by atoms with Gasteiger partial charge in [0.05, 0.1) is 6.20 Å². The van der Waals surface area contributed by atoms with Gasteiger partial charge in [0.15, 0.2) is 5.75 Å². The topological polar surface area (TPSA) is 51.7 Å². The van der Waals surface area contributed by atoms with E-state index in [0.717, 1.165) is 5.56 Å². The summed E-state index contributed by atoms with van der Waals surface area (Å²) in [6.45, 7) is 2.19. The van der Waals surface area contributed by atoms with Gasteiger partial charge in [-0.1, -0.05) is 48.5 Å². The van der Waals surface area contributed by atoms with E-state index >= 15 is 0 Å². The maximum absolute atomic E-state index is 12.9. The van der Waals surface area contributed by atoms with Gasteiger partial charge in [-0.2, -0.15) is 0 Å². The first-order valence-corrected chi connectivity index (χ1v) is 8.67. The molecular formula is C22H22N2O3. The molecule has 0 saturated carbocycles. The Kier molecular flexibility index (Phi) is 5.71. The fourth-order valence-electron chi connectivity index (χ4n) is 2.77. The van der Waals surface area contributed by atoms with E-state index in [1.165, 1.54) is 0 Å². The van der Waals surface area contributed by atoms with Gasteiger partial charge in [0, 0.05) is 19.7 Å². The lowest BCUT2D eigenvalue weighted by molar-refractivity contribution is 0.0728. The Hall–Kier alpha value is -3.34. The average Bonchev–Trinajstić information content (AvgIpc) is 2.67. The van der Waals surface area contributed by atoms with Gasteiger partial charge in [-0.15, -0.1) is 0 Å². The molecule has 2 aromatic carbocycles. The second-order valence-corrected chi connectivity index (χ2v) is 6.32. The van der Waals surface area contributed by atoms with Gasteiger partial charge in [-0.05, 0) is 24.6 Å². The lowest BCUT2D eigenvalue weighted by Crippen LogP contribution is -2.18. The van der Waals surface area contributed by atoms with Crippen LogP contribution in [0.5, 0.6) is 11.5 Å². The minimum atomic E-state index is -0.465. The molecular weight excluding hydrogens is 340 g/mol. The first-order chi connectivity index (χ1) is 13.1. The maximum atomic E-state index is 12.9. The van der Waals surface area contributed by atoms with Crippen LogP contribution in [0.2, 0.25) is 0 Å². The second-order valence-electron chi connectivity index (χ2n) is 6.32. The van der Waals surface area contributed by atoms with E-state index in [0.29, 0.717) is 35.1 Å². The van der Waals surface area contributed by atoms with Crippen molar-refractivity contribution in [3.05, 3.63) is 83.6 Å². The SMILES string of the molecule is Cc1c(N(C)C)ncc(OCc2ccccc2)c1C(=O)Oc1ccccc1. The van der Waals surface area contributed by atoms with Crippen LogP contribution >= 0.6 is 0 Å². The van der Waals surface area contributed by atoms with Gasteiger partial charge in [0.2, 0.25) is 0 Å². The fourth-order valence-corrected chi connectivity index (χ4v) is 2.77. The summed E-state index contributed by atoms with van der Waals surface area (Å²) >= 11 is 0. The predicted octanol–water partition coefficient (Wildman–Crippen LogP) is 4.25. The molecule has 1 heterocycles. The van der Waals surface area contributed by atoms with Gasteiger partial charge < -0.3 is 14.4 Å². The third kappa shape index (κ3) is 4.44. The van der Waals surface area contributed by atoms with E-state index in [-0.39, 0.29) is 0 Å². The highest BCUT2D eigenvalue weighted by Gasteiger charge is 2.22. The van der Waals surface area contributed by atoms with E-state index in [9.17, 15) is 4.79 Å². The van der Waals surface area contributed by atoms with Crippen LogP contribution < -0.4 is 14.4 Å². The molecule has 0 saturated heterocycles. The quantitative estimate of drug-likeness (QED) is 0.485. The number of anilines is 1. The third-order valence-electron chi connectivity index (χ3n) is 4.08. The van der Waals surface area contributed by atoms with Crippen LogP contribution in [0.15, 0.2) is 66.9 Å². The Morgan fingerprint density at radius 2 is 1.63 bits per heavy atom. The van der Waals surface area contributed by atoms with Crippen LogP contribution in [0.4, 0.5) is 5.82 Å². The molecule has 0 spiro atoms. The minimum absolute atomic E-state index is 0.342. The lowest BCUT2D eigenvalue weighted by atomic mass is 10.1. The smallest absolute Gasteiger partial charge is 0.347 e. The molecule has 5 heteroatoms. The molecule has 0 atom stereocenters. The van der Waals surface area contributed by atoms with Crippen LogP contribution in [0, 0.1) is 6.92 Å². The molecule has 0 fully saturated rings. The van der Waals surface area contributed by atoms with Crippen molar-refractivity contribution in [1.29, 1.82) is 0 Å². The molecule has 1 aromatic heterocycles. The van der Waals surface area contributed by atoms with E-state index in [4.69, 9.17) is 9.47 Å². The third-order valence-corrected chi connectivity index (χ3v) is 4.08. The zero-order valence-corrected chi connectivity index (χ0v) is 15.7. The molecule has 138 valence electrons. The molecule has 0 aliphatic rings. The minimum Gasteiger partial charge on any atom is -0.486 e. The molecule has 5 nitrogen and oxygen atoms in total. The summed E-state index contributed by atoms with van der Waals surface area (Å²) in [5.41, 5.74) is 2.11. The Morgan fingerprint density at radius 1 is 1.00 bits per heavy atom. The molecule has 0 aliphatic heterocycles. The fraction of sp³-hybridized carbons (Fsp3) is 0.182. The van der Waals surface area contributed by atoms with Crippen LogP contribution in [-0.4, -0.2) is 25.0 Å². The van der Waals surface area contributed by atoms with Gasteiger partial charge in [-0.3, -0.25) is 0 Å². The van der Waals surface area contributed by atoms with E-state index in [1.54, 1.807) is 18.3 Å². The van der Waals surface area contributed by atoms with Crippen molar-refractivity contribution in [2.24, 2.45) is 0 Å². The van der Waals surface area contributed by atoms with E-state index < -0.39 is 5.97 Å². The summed E-state index contributed by atoms with van der Waals surface area (Å²) in [5.74, 6) is 1.12. The summed E-state index contributed by atoms with van der Waals surface area (Å²) in [5, 5.41) is 0. The molecule has 0 amide bonds. The number of benzene rings is 2. The highest BCUT2D eigenvalue weighted by Crippen LogP contribution is 2.29. The van der Waals surface area contributed by atoms with Crippen molar-refractivity contribution >= 4 is 11.8 Å². The Morgan fingerprint density at radius 3 is 2.26 bits per heavy atom. The molecule has 3 rings (SSSR count). The highest BCUT2D eigenvalue weighted by molar-refractivity contribution is 5.96. The van der Waals surface area contributed by atoms with E-state index in [1.807, 2.05) is 74.4 Å².